The highest BCUT2D eigenvalue weighted by molar-refractivity contribution is 8.00. The molecule has 3 atom stereocenters. The second kappa shape index (κ2) is 4.14. The van der Waals surface area contributed by atoms with Gasteiger partial charge in [0.1, 0.15) is 0 Å². The van der Waals surface area contributed by atoms with Gasteiger partial charge in [0.15, 0.2) is 0 Å². The maximum atomic E-state index is 10.5. The lowest BCUT2D eigenvalue weighted by molar-refractivity contribution is -0.115. The fourth-order valence-corrected chi connectivity index (χ4v) is 2.77. The van der Waals surface area contributed by atoms with E-state index in [4.69, 9.17) is 11.5 Å². The molecule has 1 aliphatic carbocycles. The Labute approximate surface area is 77.3 Å². The number of hydrogen-bond donors (Lipinski definition) is 2. The fraction of sp³-hybridized carbons (Fsp3) is 0.875. The van der Waals surface area contributed by atoms with Gasteiger partial charge in [-0.05, 0) is 18.8 Å². The van der Waals surface area contributed by atoms with Gasteiger partial charge in [0, 0.05) is 11.3 Å². The van der Waals surface area contributed by atoms with Crippen molar-refractivity contribution in [3.8, 4) is 0 Å². The SMILES string of the molecule is CC1C(N)CCC1SCC(N)=O. The zero-order valence-corrected chi connectivity index (χ0v) is 8.14. The van der Waals surface area contributed by atoms with E-state index in [0.29, 0.717) is 23.0 Å². The van der Waals surface area contributed by atoms with Crippen LogP contribution >= 0.6 is 11.8 Å². The van der Waals surface area contributed by atoms with Gasteiger partial charge < -0.3 is 11.5 Å². The lowest BCUT2D eigenvalue weighted by Crippen LogP contribution is -2.27. The van der Waals surface area contributed by atoms with Crippen molar-refractivity contribution < 1.29 is 4.79 Å². The Hall–Kier alpha value is -0.220. The number of hydrogen-bond acceptors (Lipinski definition) is 3. The van der Waals surface area contributed by atoms with Crippen molar-refractivity contribution >= 4 is 17.7 Å². The molecule has 0 saturated heterocycles. The van der Waals surface area contributed by atoms with Crippen molar-refractivity contribution in [2.75, 3.05) is 5.75 Å². The summed E-state index contributed by atoms with van der Waals surface area (Å²) in [5.74, 6) is 0.726. The molecule has 0 heterocycles. The van der Waals surface area contributed by atoms with E-state index in [1.807, 2.05) is 0 Å². The lowest BCUT2D eigenvalue weighted by atomic mass is 10.1. The summed E-state index contributed by atoms with van der Waals surface area (Å²) in [6.07, 6.45) is 2.21. The number of carbonyl (C=O) groups is 1. The Morgan fingerprint density at radius 1 is 1.58 bits per heavy atom. The molecule has 0 spiro atoms. The molecule has 0 bridgehead atoms. The Bertz CT molecular complexity index is 174. The van der Waals surface area contributed by atoms with Crippen LogP contribution in [-0.2, 0) is 4.79 Å². The van der Waals surface area contributed by atoms with Crippen LogP contribution in [0.2, 0.25) is 0 Å². The van der Waals surface area contributed by atoms with Gasteiger partial charge in [-0.15, -0.1) is 11.8 Å². The van der Waals surface area contributed by atoms with Crippen molar-refractivity contribution in [3.05, 3.63) is 0 Å². The summed E-state index contributed by atoms with van der Waals surface area (Å²) >= 11 is 1.65. The molecule has 1 saturated carbocycles. The number of carbonyl (C=O) groups excluding carboxylic acids is 1. The summed E-state index contributed by atoms with van der Waals surface area (Å²) in [5.41, 5.74) is 10.9. The summed E-state index contributed by atoms with van der Waals surface area (Å²) in [6.45, 7) is 2.15. The number of primary amides is 1. The van der Waals surface area contributed by atoms with Crippen molar-refractivity contribution in [1.82, 2.24) is 0 Å². The minimum absolute atomic E-state index is 0.229. The molecule has 1 aliphatic rings. The molecule has 4 N–H and O–H groups in total. The number of amides is 1. The first-order valence-corrected chi connectivity index (χ1v) is 5.31. The van der Waals surface area contributed by atoms with E-state index in [2.05, 4.69) is 6.92 Å². The highest BCUT2D eigenvalue weighted by Crippen LogP contribution is 2.33. The number of rotatable bonds is 3. The maximum Gasteiger partial charge on any atom is 0.227 e. The fourth-order valence-electron chi connectivity index (χ4n) is 1.58. The molecule has 3 unspecified atom stereocenters. The van der Waals surface area contributed by atoms with Crippen LogP contribution in [0, 0.1) is 5.92 Å². The summed E-state index contributed by atoms with van der Waals surface area (Å²) in [7, 11) is 0. The molecule has 0 aromatic heterocycles. The number of thioether (sulfide) groups is 1. The summed E-state index contributed by atoms with van der Waals surface area (Å²) in [4.78, 5) is 10.5. The van der Waals surface area contributed by atoms with Crippen LogP contribution in [0.4, 0.5) is 0 Å². The molecular weight excluding hydrogens is 172 g/mol. The van der Waals surface area contributed by atoms with Gasteiger partial charge in [-0.3, -0.25) is 4.79 Å². The van der Waals surface area contributed by atoms with Crippen LogP contribution in [0.25, 0.3) is 0 Å². The lowest BCUT2D eigenvalue weighted by Gasteiger charge is -2.16. The standard InChI is InChI=1S/C8H16N2OS/c1-5-6(9)2-3-7(5)12-4-8(10)11/h5-7H,2-4,9H2,1H3,(H2,10,11). The van der Waals surface area contributed by atoms with E-state index >= 15 is 0 Å². The minimum atomic E-state index is -0.229. The van der Waals surface area contributed by atoms with Crippen LogP contribution in [0.5, 0.6) is 0 Å². The molecule has 1 fully saturated rings. The first kappa shape index (κ1) is 9.86. The molecule has 1 amide bonds. The Morgan fingerprint density at radius 3 is 2.67 bits per heavy atom. The quantitative estimate of drug-likeness (QED) is 0.670. The van der Waals surface area contributed by atoms with Crippen LogP contribution in [0.15, 0.2) is 0 Å². The Kier molecular flexibility index (Phi) is 3.40. The second-order valence-electron chi connectivity index (χ2n) is 3.42. The van der Waals surface area contributed by atoms with E-state index in [0.717, 1.165) is 12.8 Å². The zero-order chi connectivity index (χ0) is 9.14. The van der Waals surface area contributed by atoms with E-state index in [-0.39, 0.29) is 5.91 Å². The molecule has 3 nitrogen and oxygen atoms in total. The van der Waals surface area contributed by atoms with Crippen molar-refractivity contribution in [2.24, 2.45) is 17.4 Å². The Balaban J connectivity index is 2.29. The van der Waals surface area contributed by atoms with Crippen molar-refractivity contribution in [2.45, 2.75) is 31.1 Å². The van der Waals surface area contributed by atoms with Gasteiger partial charge in [-0.25, -0.2) is 0 Å². The largest absolute Gasteiger partial charge is 0.369 e. The van der Waals surface area contributed by atoms with Crippen LogP contribution in [0.3, 0.4) is 0 Å². The van der Waals surface area contributed by atoms with Crippen molar-refractivity contribution in [3.63, 3.8) is 0 Å². The van der Waals surface area contributed by atoms with Crippen molar-refractivity contribution in [1.29, 1.82) is 0 Å². The third-order valence-corrected chi connectivity index (χ3v) is 4.03. The smallest absolute Gasteiger partial charge is 0.227 e. The van der Waals surface area contributed by atoms with Crippen LogP contribution in [-0.4, -0.2) is 23.0 Å². The molecule has 0 aliphatic heterocycles. The van der Waals surface area contributed by atoms with Crippen LogP contribution in [0.1, 0.15) is 19.8 Å². The van der Waals surface area contributed by atoms with Gasteiger partial charge in [0.2, 0.25) is 5.91 Å². The molecule has 0 radical (unpaired) electrons. The first-order chi connectivity index (χ1) is 5.61. The van der Waals surface area contributed by atoms with E-state index in [1.54, 1.807) is 11.8 Å². The predicted octanol–water partition coefficient (Wildman–Crippen LogP) is 0.331. The third-order valence-electron chi connectivity index (χ3n) is 2.49. The molecule has 70 valence electrons. The highest BCUT2D eigenvalue weighted by Gasteiger charge is 2.30. The molecule has 1 rings (SSSR count). The normalized spacial score (nSPS) is 35.3. The van der Waals surface area contributed by atoms with Gasteiger partial charge in [0.25, 0.3) is 0 Å². The van der Waals surface area contributed by atoms with Crippen LogP contribution < -0.4 is 11.5 Å². The van der Waals surface area contributed by atoms with Gasteiger partial charge >= 0.3 is 0 Å². The molecule has 0 aromatic carbocycles. The highest BCUT2D eigenvalue weighted by atomic mass is 32.2. The van der Waals surface area contributed by atoms with E-state index in [1.165, 1.54) is 0 Å². The second-order valence-corrected chi connectivity index (χ2v) is 4.64. The molecule has 0 aromatic rings. The maximum absolute atomic E-state index is 10.5. The van der Waals surface area contributed by atoms with E-state index in [9.17, 15) is 4.79 Å². The molecular formula is C8H16N2OS. The zero-order valence-electron chi connectivity index (χ0n) is 7.32. The summed E-state index contributed by atoms with van der Waals surface area (Å²) in [6, 6.07) is 0.315. The first-order valence-electron chi connectivity index (χ1n) is 4.26. The topological polar surface area (TPSA) is 69.1 Å². The predicted molar refractivity (Wildman–Crippen MR) is 51.8 cm³/mol. The van der Waals surface area contributed by atoms with Gasteiger partial charge in [0.05, 0.1) is 5.75 Å². The molecule has 4 heteroatoms. The minimum Gasteiger partial charge on any atom is -0.369 e. The Morgan fingerprint density at radius 2 is 2.25 bits per heavy atom. The van der Waals surface area contributed by atoms with Gasteiger partial charge in [-0.1, -0.05) is 6.92 Å². The average molecular weight is 188 g/mol. The average Bonchev–Trinajstić information content (AvgIpc) is 2.30. The monoisotopic (exact) mass is 188 g/mol. The molecule has 12 heavy (non-hydrogen) atoms. The van der Waals surface area contributed by atoms with E-state index < -0.39 is 0 Å². The van der Waals surface area contributed by atoms with Gasteiger partial charge in [-0.2, -0.15) is 0 Å². The summed E-state index contributed by atoms with van der Waals surface area (Å²) < 4.78 is 0. The summed E-state index contributed by atoms with van der Waals surface area (Å²) in [5, 5.41) is 0.535. The number of nitrogens with two attached hydrogens (primary N) is 2. The third kappa shape index (κ3) is 2.38.